The van der Waals surface area contributed by atoms with E-state index in [0.29, 0.717) is 11.7 Å². The van der Waals surface area contributed by atoms with Crippen molar-refractivity contribution in [2.75, 3.05) is 5.88 Å². The summed E-state index contributed by atoms with van der Waals surface area (Å²) in [5.41, 5.74) is 0.225. The van der Waals surface area contributed by atoms with Crippen LogP contribution in [0, 0.1) is 16.7 Å². The Morgan fingerprint density at radius 3 is 2.64 bits per heavy atom. The number of carbonyl (C=O) groups excluding carboxylic acids is 1. The largest absolute Gasteiger partial charge is 0.299 e. The number of fused-ring (bicyclic) bond motifs is 2. The molecule has 0 radical (unpaired) electrons. The van der Waals surface area contributed by atoms with Gasteiger partial charge in [0, 0.05) is 17.7 Å². The van der Waals surface area contributed by atoms with Gasteiger partial charge >= 0.3 is 0 Å². The fourth-order valence-corrected chi connectivity index (χ4v) is 3.80. The van der Waals surface area contributed by atoms with Crippen LogP contribution in [-0.2, 0) is 4.79 Å². The van der Waals surface area contributed by atoms with Crippen molar-refractivity contribution in [2.45, 2.75) is 46.0 Å². The summed E-state index contributed by atoms with van der Waals surface area (Å²) >= 11 is 5.75. The molecule has 2 bridgehead atoms. The van der Waals surface area contributed by atoms with Crippen molar-refractivity contribution in [3.63, 3.8) is 0 Å². The molecule has 80 valence electrons. The van der Waals surface area contributed by atoms with Gasteiger partial charge in [-0.1, -0.05) is 13.8 Å². The van der Waals surface area contributed by atoms with Gasteiger partial charge in [0.25, 0.3) is 0 Å². The van der Waals surface area contributed by atoms with Crippen molar-refractivity contribution < 1.29 is 4.79 Å². The highest BCUT2D eigenvalue weighted by Crippen LogP contribution is 2.65. The lowest BCUT2D eigenvalue weighted by atomic mass is 9.66. The minimum absolute atomic E-state index is 0.0241. The fourth-order valence-electron chi connectivity index (χ4n) is 3.67. The lowest BCUT2D eigenvalue weighted by Gasteiger charge is -2.36. The van der Waals surface area contributed by atoms with Crippen LogP contribution in [0.4, 0.5) is 0 Å². The maximum absolute atomic E-state index is 11.9. The molecular formula is C12H19ClO. The van der Waals surface area contributed by atoms with E-state index in [1.54, 1.807) is 0 Å². The van der Waals surface area contributed by atoms with E-state index in [9.17, 15) is 4.79 Å². The fraction of sp³-hybridized carbons (Fsp3) is 0.917. The number of hydrogen-bond donors (Lipinski definition) is 0. The summed E-state index contributed by atoms with van der Waals surface area (Å²) in [6.07, 6.45) is 5.37. The molecule has 0 saturated heterocycles. The molecule has 0 aromatic heterocycles. The number of Topliss-reactive ketones (excluding diaryl/α,β-unsaturated/α-hetero) is 1. The summed E-state index contributed by atoms with van der Waals surface area (Å²) in [5.74, 6) is 1.88. The van der Waals surface area contributed by atoms with Gasteiger partial charge in [0.2, 0.25) is 0 Å². The van der Waals surface area contributed by atoms with E-state index in [4.69, 9.17) is 11.6 Å². The summed E-state index contributed by atoms with van der Waals surface area (Å²) in [6, 6.07) is 0. The normalized spacial score (nSPS) is 46.2. The average Bonchev–Trinajstić information content (AvgIpc) is 2.50. The number of carbonyl (C=O) groups is 1. The van der Waals surface area contributed by atoms with Gasteiger partial charge in [0.05, 0.1) is 0 Å². The Balaban J connectivity index is 2.23. The van der Waals surface area contributed by atoms with Gasteiger partial charge in [-0.2, -0.15) is 0 Å². The molecule has 2 heteroatoms. The van der Waals surface area contributed by atoms with Crippen LogP contribution in [-0.4, -0.2) is 11.7 Å². The highest BCUT2D eigenvalue weighted by molar-refractivity contribution is 6.17. The second kappa shape index (κ2) is 3.23. The Morgan fingerprint density at radius 2 is 2.21 bits per heavy atom. The molecule has 0 aromatic rings. The molecule has 3 atom stereocenters. The Kier molecular flexibility index (Phi) is 2.42. The quantitative estimate of drug-likeness (QED) is 0.659. The molecule has 0 amide bonds. The molecule has 0 heterocycles. The van der Waals surface area contributed by atoms with Crippen LogP contribution in [0.25, 0.3) is 0 Å². The van der Waals surface area contributed by atoms with E-state index in [1.807, 2.05) is 0 Å². The van der Waals surface area contributed by atoms with Crippen LogP contribution in [0.15, 0.2) is 0 Å². The van der Waals surface area contributed by atoms with Crippen molar-refractivity contribution >= 4 is 17.4 Å². The monoisotopic (exact) mass is 214 g/mol. The summed E-state index contributed by atoms with van der Waals surface area (Å²) in [6.45, 7) is 4.48. The van der Waals surface area contributed by atoms with Gasteiger partial charge in [-0.3, -0.25) is 4.79 Å². The smallest absolute Gasteiger partial charge is 0.139 e. The van der Waals surface area contributed by atoms with Crippen molar-refractivity contribution in [3.8, 4) is 0 Å². The molecule has 2 rings (SSSR count). The van der Waals surface area contributed by atoms with Crippen molar-refractivity contribution in [1.29, 1.82) is 0 Å². The van der Waals surface area contributed by atoms with Gasteiger partial charge in [-0.25, -0.2) is 0 Å². The zero-order chi connectivity index (χ0) is 10.4. The molecule has 0 N–H and O–H groups in total. The first-order valence-corrected chi connectivity index (χ1v) is 6.17. The van der Waals surface area contributed by atoms with Crippen LogP contribution < -0.4 is 0 Å². The summed E-state index contributed by atoms with van der Waals surface area (Å²) in [5, 5.41) is 0. The van der Waals surface area contributed by atoms with E-state index in [0.717, 1.165) is 31.6 Å². The molecule has 1 nitrogen and oxygen atoms in total. The van der Waals surface area contributed by atoms with E-state index in [-0.39, 0.29) is 10.8 Å². The number of hydrogen-bond acceptors (Lipinski definition) is 1. The maximum atomic E-state index is 11.9. The SMILES string of the molecule is CC12CCC(CC1=O)C2(C)CCCCl. The van der Waals surface area contributed by atoms with Crippen LogP contribution in [0.5, 0.6) is 0 Å². The Labute approximate surface area is 91.2 Å². The summed E-state index contributed by atoms with van der Waals surface area (Å²) in [7, 11) is 0. The Bertz CT molecular complexity index is 263. The third kappa shape index (κ3) is 1.11. The third-order valence-electron chi connectivity index (χ3n) is 5.03. The topological polar surface area (TPSA) is 17.1 Å². The molecular weight excluding hydrogens is 196 g/mol. The second-order valence-electron chi connectivity index (χ2n) is 5.41. The van der Waals surface area contributed by atoms with Gasteiger partial charge in [-0.15, -0.1) is 11.6 Å². The molecule has 2 aliphatic rings. The first kappa shape index (κ1) is 10.5. The zero-order valence-corrected chi connectivity index (χ0v) is 9.86. The Hall–Kier alpha value is -0.0400. The highest BCUT2D eigenvalue weighted by atomic mass is 35.5. The van der Waals surface area contributed by atoms with E-state index in [2.05, 4.69) is 13.8 Å². The van der Waals surface area contributed by atoms with Gasteiger partial charge < -0.3 is 0 Å². The van der Waals surface area contributed by atoms with E-state index >= 15 is 0 Å². The van der Waals surface area contributed by atoms with Crippen LogP contribution >= 0.6 is 11.6 Å². The Morgan fingerprint density at radius 1 is 1.50 bits per heavy atom. The summed E-state index contributed by atoms with van der Waals surface area (Å²) < 4.78 is 0. The third-order valence-corrected chi connectivity index (χ3v) is 5.30. The maximum Gasteiger partial charge on any atom is 0.139 e. The lowest BCUT2D eigenvalue weighted by Crippen LogP contribution is -2.35. The van der Waals surface area contributed by atoms with Crippen molar-refractivity contribution in [3.05, 3.63) is 0 Å². The standard InChI is InChI=1S/C12H19ClO/c1-11(5-3-7-13)9-4-6-12(11,2)10(14)8-9/h9H,3-8H2,1-2H3. The van der Waals surface area contributed by atoms with Crippen LogP contribution in [0.2, 0.25) is 0 Å². The van der Waals surface area contributed by atoms with Crippen molar-refractivity contribution in [1.82, 2.24) is 0 Å². The van der Waals surface area contributed by atoms with E-state index in [1.165, 1.54) is 6.42 Å². The zero-order valence-electron chi connectivity index (χ0n) is 9.11. The minimum Gasteiger partial charge on any atom is -0.299 e. The van der Waals surface area contributed by atoms with Crippen LogP contribution in [0.3, 0.4) is 0 Å². The first-order valence-electron chi connectivity index (χ1n) is 5.64. The molecule has 0 aliphatic heterocycles. The molecule has 0 aromatic carbocycles. The average molecular weight is 215 g/mol. The first-order chi connectivity index (χ1) is 6.54. The molecule has 0 spiro atoms. The number of ketones is 1. The van der Waals surface area contributed by atoms with E-state index < -0.39 is 0 Å². The molecule has 3 unspecified atom stereocenters. The van der Waals surface area contributed by atoms with Gasteiger partial charge in [0.15, 0.2) is 0 Å². The predicted octanol–water partition coefficient (Wildman–Crippen LogP) is 3.40. The molecule has 2 saturated carbocycles. The summed E-state index contributed by atoms with van der Waals surface area (Å²) in [4.78, 5) is 11.9. The molecule has 2 fully saturated rings. The molecule has 14 heavy (non-hydrogen) atoms. The highest BCUT2D eigenvalue weighted by Gasteiger charge is 2.62. The second-order valence-corrected chi connectivity index (χ2v) is 5.78. The van der Waals surface area contributed by atoms with Crippen molar-refractivity contribution in [2.24, 2.45) is 16.7 Å². The van der Waals surface area contributed by atoms with Gasteiger partial charge in [-0.05, 0) is 37.0 Å². The predicted molar refractivity (Wildman–Crippen MR) is 58.5 cm³/mol. The van der Waals surface area contributed by atoms with Crippen LogP contribution in [0.1, 0.15) is 46.0 Å². The number of alkyl halides is 1. The number of halogens is 1. The van der Waals surface area contributed by atoms with Gasteiger partial charge in [0.1, 0.15) is 5.78 Å². The lowest BCUT2D eigenvalue weighted by molar-refractivity contribution is -0.128. The minimum atomic E-state index is -0.0241. The number of rotatable bonds is 3. The molecule has 2 aliphatic carbocycles.